The van der Waals surface area contributed by atoms with E-state index in [0.29, 0.717) is 11.1 Å². The van der Waals surface area contributed by atoms with Crippen molar-refractivity contribution in [1.29, 1.82) is 0 Å². The molecule has 27 heavy (non-hydrogen) atoms. The Hall–Kier alpha value is -2.71. The summed E-state index contributed by atoms with van der Waals surface area (Å²) >= 11 is 0. The van der Waals surface area contributed by atoms with Gasteiger partial charge in [0.2, 0.25) is 0 Å². The maximum atomic E-state index is 13.4. The Bertz CT molecular complexity index is 1120. The lowest BCUT2D eigenvalue weighted by Crippen LogP contribution is -2.16. The van der Waals surface area contributed by atoms with Crippen molar-refractivity contribution in [1.82, 2.24) is 4.40 Å². The molecule has 142 valence electrons. The van der Waals surface area contributed by atoms with Crippen LogP contribution < -0.4 is 0 Å². The van der Waals surface area contributed by atoms with E-state index in [2.05, 4.69) is 4.74 Å². The van der Waals surface area contributed by atoms with Crippen LogP contribution in [-0.4, -0.2) is 31.0 Å². The molecule has 0 radical (unpaired) electrons. The zero-order chi connectivity index (χ0) is 19.8. The van der Waals surface area contributed by atoms with Gasteiger partial charge in [0.05, 0.1) is 29.0 Å². The van der Waals surface area contributed by atoms with Crippen molar-refractivity contribution in [2.45, 2.75) is 23.7 Å². The number of carbonyl (C=O) groups is 1. The average molecular weight is 391 g/mol. The Morgan fingerprint density at radius 1 is 1.26 bits per heavy atom. The van der Waals surface area contributed by atoms with Crippen LogP contribution in [0.2, 0.25) is 0 Å². The Balaban J connectivity index is 2.19. The fourth-order valence-electron chi connectivity index (χ4n) is 3.20. The van der Waals surface area contributed by atoms with Gasteiger partial charge in [-0.25, -0.2) is 17.6 Å². The predicted octanol–water partition coefficient (Wildman–Crippen LogP) is 2.57. The lowest BCUT2D eigenvalue weighted by molar-refractivity contribution is -0.151. The molecule has 0 saturated carbocycles. The van der Waals surface area contributed by atoms with Gasteiger partial charge in [0.25, 0.3) is 0 Å². The highest BCUT2D eigenvalue weighted by atomic mass is 32.2. The number of sulfone groups is 1. The third kappa shape index (κ3) is 3.45. The molecular formula is C19H18FNO5S. The molecule has 0 fully saturated rings. The minimum absolute atomic E-state index is 0.00897. The number of nitrogens with zero attached hydrogens (tertiary/aromatic N) is 1. The Labute approximate surface area is 155 Å². The molecule has 0 spiro atoms. The van der Waals surface area contributed by atoms with Gasteiger partial charge >= 0.3 is 5.97 Å². The van der Waals surface area contributed by atoms with Crippen molar-refractivity contribution >= 4 is 21.3 Å². The quantitative estimate of drug-likeness (QED) is 0.676. The first-order chi connectivity index (χ1) is 12.8. The molecule has 3 rings (SSSR count). The average Bonchev–Trinajstić information content (AvgIpc) is 2.92. The summed E-state index contributed by atoms with van der Waals surface area (Å²) in [4.78, 5) is 11.8. The number of methoxy groups -OCH3 is 1. The number of esters is 1. The first kappa shape index (κ1) is 19.1. The van der Waals surface area contributed by atoms with Gasteiger partial charge in [-0.15, -0.1) is 0 Å². The second kappa shape index (κ2) is 7.13. The summed E-state index contributed by atoms with van der Waals surface area (Å²) in [6.07, 6.45) is -0.0755. The van der Waals surface area contributed by atoms with Crippen LogP contribution in [0.15, 0.2) is 53.6 Å². The van der Waals surface area contributed by atoms with Crippen molar-refractivity contribution in [3.8, 4) is 0 Å². The third-order valence-corrected chi connectivity index (χ3v) is 6.17. The number of rotatable bonds is 5. The maximum Gasteiger partial charge on any atom is 0.340 e. The van der Waals surface area contributed by atoms with Crippen LogP contribution in [0.1, 0.15) is 22.9 Å². The molecule has 1 unspecified atom stereocenters. The van der Waals surface area contributed by atoms with Crippen molar-refractivity contribution in [3.63, 3.8) is 0 Å². The van der Waals surface area contributed by atoms with Crippen LogP contribution in [0, 0.1) is 12.7 Å². The number of hydrogen-bond acceptors (Lipinski definition) is 5. The summed E-state index contributed by atoms with van der Waals surface area (Å²) in [5.41, 5.74) is 0.995. The topological polar surface area (TPSA) is 85.1 Å². The molecule has 2 aromatic heterocycles. The van der Waals surface area contributed by atoms with Crippen molar-refractivity contribution in [2.24, 2.45) is 0 Å². The number of benzene rings is 1. The SMILES string of the molecule is COC(=O)C(O)c1c(C)c(S(=O)(=O)Cc2cccc(F)c2)c2ccccn12. The van der Waals surface area contributed by atoms with Crippen molar-refractivity contribution in [3.05, 3.63) is 71.3 Å². The van der Waals surface area contributed by atoms with Crippen LogP contribution in [0.5, 0.6) is 0 Å². The van der Waals surface area contributed by atoms with Crippen LogP contribution in [-0.2, 0) is 25.1 Å². The van der Waals surface area contributed by atoms with E-state index in [4.69, 9.17) is 0 Å². The van der Waals surface area contributed by atoms with Gasteiger partial charge in [-0.1, -0.05) is 18.2 Å². The first-order valence-corrected chi connectivity index (χ1v) is 9.74. The van der Waals surface area contributed by atoms with Gasteiger partial charge in [-0.3, -0.25) is 0 Å². The van der Waals surface area contributed by atoms with Gasteiger partial charge in [0.15, 0.2) is 15.9 Å². The summed E-state index contributed by atoms with van der Waals surface area (Å²) in [7, 11) is -2.75. The zero-order valence-corrected chi connectivity index (χ0v) is 15.5. The Morgan fingerprint density at radius 3 is 2.67 bits per heavy atom. The lowest BCUT2D eigenvalue weighted by Gasteiger charge is -2.10. The predicted molar refractivity (Wildman–Crippen MR) is 96.4 cm³/mol. The van der Waals surface area contributed by atoms with Crippen LogP contribution >= 0.6 is 0 Å². The van der Waals surface area contributed by atoms with E-state index in [9.17, 15) is 22.7 Å². The van der Waals surface area contributed by atoms with Crippen LogP contribution in [0.3, 0.4) is 0 Å². The first-order valence-electron chi connectivity index (χ1n) is 8.09. The van der Waals surface area contributed by atoms with Gasteiger partial charge in [-0.05, 0) is 42.3 Å². The monoisotopic (exact) mass is 391 g/mol. The summed E-state index contributed by atoms with van der Waals surface area (Å²) < 4.78 is 45.6. The second-order valence-electron chi connectivity index (χ2n) is 6.11. The molecular weight excluding hydrogens is 373 g/mol. The van der Waals surface area contributed by atoms with Gasteiger partial charge < -0.3 is 14.2 Å². The van der Waals surface area contributed by atoms with Gasteiger partial charge in [-0.2, -0.15) is 0 Å². The van der Waals surface area contributed by atoms with Crippen LogP contribution in [0.4, 0.5) is 4.39 Å². The molecule has 0 aliphatic rings. The Morgan fingerprint density at radius 2 is 2.00 bits per heavy atom. The number of pyridine rings is 1. The minimum atomic E-state index is -3.88. The van der Waals surface area contributed by atoms with E-state index < -0.39 is 33.5 Å². The molecule has 1 aromatic carbocycles. The van der Waals surface area contributed by atoms with E-state index >= 15 is 0 Å². The highest BCUT2D eigenvalue weighted by molar-refractivity contribution is 7.91. The van der Waals surface area contributed by atoms with E-state index in [1.807, 2.05) is 0 Å². The van der Waals surface area contributed by atoms with Crippen molar-refractivity contribution in [2.75, 3.05) is 7.11 Å². The molecule has 0 amide bonds. The number of hydrogen-bond donors (Lipinski definition) is 1. The minimum Gasteiger partial charge on any atom is -0.467 e. The van der Waals surface area contributed by atoms with Crippen LogP contribution in [0.25, 0.3) is 5.52 Å². The summed E-state index contributed by atoms with van der Waals surface area (Å²) in [5.74, 6) is -1.83. The number of aliphatic hydroxyl groups excluding tert-OH is 1. The number of aromatic nitrogens is 1. The Kier molecular flexibility index (Phi) is 5.03. The molecule has 0 aliphatic heterocycles. The number of halogens is 1. The van der Waals surface area contributed by atoms with Crippen molar-refractivity contribution < 1.29 is 27.4 Å². The number of aliphatic hydroxyl groups is 1. The number of ether oxygens (including phenoxy) is 1. The number of carbonyl (C=O) groups excluding carboxylic acids is 1. The standard InChI is InChI=1S/C19H18FNO5S/c1-12-16(17(22)19(23)26-2)21-9-4-3-8-15(21)18(12)27(24,25)11-13-6-5-7-14(20)10-13/h3-10,17,22H,11H2,1-2H3. The van der Waals surface area contributed by atoms with E-state index in [1.165, 1.54) is 29.5 Å². The van der Waals surface area contributed by atoms with Gasteiger partial charge in [0, 0.05) is 6.20 Å². The normalized spacial score (nSPS) is 12.9. The molecule has 1 atom stereocenters. The molecule has 0 aliphatic carbocycles. The van der Waals surface area contributed by atoms with E-state index in [0.717, 1.165) is 13.2 Å². The largest absolute Gasteiger partial charge is 0.467 e. The maximum absolute atomic E-state index is 13.4. The zero-order valence-electron chi connectivity index (χ0n) is 14.7. The van der Waals surface area contributed by atoms with E-state index in [-0.39, 0.29) is 16.2 Å². The smallest absolute Gasteiger partial charge is 0.340 e. The molecule has 2 heterocycles. The number of fused-ring (bicyclic) bond motifs is 1. The van der Waals surface area contributed by atoms with E-state index in [1.54, 1.807) is 24.4 Å². The molecule has 3 aromatic rings. The van der Waals surface area contributed by atoms with Gasteiger partial charge in [0.1, 0.15) is 5.82 Å². The summed E-state index contributed by atoms with van der Waals surface area (Å²) in [5, 5.41) is 10.3. The fraction of sp³-hybridized carbons (Fsp3) is 0.211. The molecule has 6 nitrogen and oxygen atoms in total. The summed E-state index contributed by atoms with van der Waals surface area (Å²) in [6.45, 7) is 1.52. The fourth-order valence-corrected chi connectivity index (χ4v) is 5.02. The highest BCUT2D eigenvalue weighted by Crippen LogP contribution is 2.33. The highest BCUT2D eigenvalue weighted by Gasteiger charge is 2.31. The molecule has 8 heteroatoms. The molecule has 0 bridgehead atoms. The molecule has 0 saturated heterocycles. The summed E-state index contributed by atoms with van der Waals surface area (Å²) in [6, 6.07) is 10.3. The lowest BCUT2D eigenvalue weighted by atomic mass is 10.2. The second-order valence-corrected chi connectivity index (χ2v) is 8.04. The molecule has 1 N–H and O–H groups in total. The third-order valence-electron chi connectivity index (χ3n) is 4.32.